The highest BCUT2D eigenvalue weighted by atomic mass is 16.1. The number of rotatable bonds is 5. The quantitative estimate of drug-likeness (QED) is 0.749. The summed E-state index contributed by atoms with van der Waals surface area (Å²) < 4.78 is 0. The van der Waals surface area contributed by atoms with E-state index in [1.54, 1.807) is 0 Å². The third-order valence-electron chi connectivity index (χ3n) is 4.26. The van der Waals surface area contributed by atoms with Gasteiger partial charge in [0.05, 0.1) is 0 Å². The second-order valence-corrected chi connectivity index (χ2v) is 5.81. The summed E-state index contributed by atoms with van der Waals surface area (Å²) in [6, 6.07) is 8.60. The Morgan fingerprint density at radius 2 is 1.79 bits per heavy atom. The molecule has 0 saturated heterocycles. The Balaban J connectivity index is 1.81. The van der Waals surface area contributed by atoms with E-state index < -0.39 is 0 Å². The van der Waals surface area contributed by atoms with Crippen LogP contribution in [0.4, 0.5) is 0 Å². The lowest BCUT2D eigenvalue weighted by Gasteiger charge is -2.30. The molecule has 0 unspecified atom stereocenters. The maximum absolute atomic E-state index is 12.1. The molecule has 1 aromatic rings. The summed E-state index contributed by atoms with van der Waals surface area (Å²) in [5.41, 5.74) is 2.05. The summed E-state index contributed by atoms with van der Waals surface area (Å²) in [6.07, 6.45) is 7.31. The molecule has 0 bridgehead atoms. The van der Waals surface area contributed by atoms with Crippen molar-refractivity contribution < 1.29 is 4.79 Å². The number of hydrogen-bond acceptors (Lipinski definition) is 2. The minimum atomic E-state index is 0.266. The molecule has 1 aliphatic carbocycles. The first kappa shape index (κ1) is 14.3. The molecule has 2 heteroatoms. The summed E-state index contributed by atoms with van der Waals surface area (Å²) in [6.45, 7) is 2.93. The number of nitrogens with zero attached hydrogens (tertiary/aromatic N) is 1. The average Bonchev–Trinajstić information content (AvgIpc) is 2.46. The van der Waals surface area contributed by atoms with E-state index in [2.05, 4.69) is 11.9 Å². The minimum Gasteiger partial charge on any atom is -0.303 e. The van der Waals surface area contributed by atoms with Crippen LogP contribution in [0.15, 0.2) is 24.3 Å². The zero-order valence-electron chi connectivity index (χ0n) is 12.2. The lowest BCUT2D eigenvalue weighted by molar-refractivity contribution is 0.0952. The number of ketones is 1. The summed E-state index contributed by atoms with van der Waals surface area (Å²) in [5.74, 6) is 0.266. The molecule has 0 aliphatic heterocycles. The first-order valence-corrected chi connectivity index (χ1v) is 7.47. The fraction of sp³-hybridized carbons (Fsp3) is 0.588. The zero-order chi connectivity index (χ0) is 13.7. The highest BCUT2D eigenvalue weighted by Gasteiger charge is 2.18. The molecule has 104 valence electrons. The van der Waals surface area contributed by atoms with Gasteiger partial charge < -0.3 is 4.90 Å². The molecule has 1 aliphatic rings. The van der Waals surface area contributed by atoms with Crippen LogP contribution in [0.25, 0.3) is 0 Å². The van der Waals surface area contributed by atoms with Gasteiger partial charge in [-0.25, -0.2) is 0 Å². The number of benzene rings is 1. The second kappa shape index (κ2) is 6.85. The second-order valence-electron chi connectivity index (χ2n) is 5.81. The lowest BCUT2D eigenvalue weighted by atomic mass is 9.94. The molecule has 0 N–H and O–H groups in total. The number of carbonyl (C=O) groups excluding carboxylic acids is 1. The minimum absolute atomic E-state index is 0.266. The van der Waals surface area contributed by atoms with Crippen LogP contribution in [0.5, 0.6) is 0 Å². The van der Waals surface area contributed by atoms with Crippen molar-refractivity contribution in [2.45, 2.75) is 51.5 Å². The van der Waals surface area contributed by atoms with Crippen LogP contribution in [0.1, 0.15) is 54.4 Å². The SMILES string of the molecule is Cc1ccc(C(=O)CCN(C)C2CCCCC2)cc1. The van der Waals surface area contributed by atoms with E-state index in [0.717, 1.165) is 12.1 Å². The summed E-state index contributed by atoms with van der Waals surface area (Å²) in [5, 5.41) is 0. The van der Waals surface area contributed by atoms with E-state index in [4.69, 9.17) is 0 Å². The van der Waals surface area contributed by atoms with Gasteiger partial charge in [0.15, 0.2) is 5.78 Å². The zero-order valence-corrected chi connectivity index (χ0v) is 12.2. The van der Waals surface area contributed by atoms with Crippen LogP contribution >= 0.6 is 0 Å². The van der Waals surface area contributed by atoms with Gasteiger partial charge in [0.1, 0.15) is 0 Å². The Bertz CT molecular complexity index is 404. The molecular weight excluding hydrogens is 234 g/mol. The standard InChI is InChI=1S/C17H25NO/c1-14-8-10-15(11-9-14)17(19)12-13-18(2)16-6-4-3-5-7-16/h8-11,16H,3-7,12-13H2,1-2H3. The summed E-state index contributed by atoms with van der Waals surface area (Å²) in [7, 11) is 2.17. The van der Waals surface area contributed by atoms with Crippen LogP contribution in [0.3, 0.4) is 0 Å². The van der Waals surface area contributed by atoms with Crippen molar-refractivity contribution in [1.82, 2.24) is 4.90 Å². The smallest absolute Gasteiger partial charge is 0.164 e. The van der Waals surface area contributed by atoms with Crippen LogP contribution in [0.2, 0.25) is 0 Å². The van der Waals surface area contributed by atoms with Crippen molar-refractivity contribution >= 4 is 5.78 Å². The largest absolute Gasteiger partial charge is 0.303 e. The lowest BCUT2D eigenvalue weighted by Crippen LogP contribution is -2.34. The predicted octanol–water partition coefficient (Wildman–Crippen LogP) is 3.83. The molecule has 19 heavy (non-hydrogen) atoms. The van der Waals surface area contributed by atoms with Crippen molar-refractivity contribution in [2.75, 3.05) is 13.6 Å². The third-order valence-corrected chi connectivity index (χ3v) is 4.26. The number of carbonyl (C=O) groups is 1. The van der Waals surface area contributed by atoms with Gasteiger partial charge in [0, 0.05) is 24.6 Å². The Hall–Kier alpha value is -1.15. The molecule has 0 radical (unpaired) electrons. The van der Waals surface area contributed by atoms with Gasteiger partial charge in [-0.05, 0) is 26.8 Å². The maximum Gasteiger partial charge on any atom is 0.164 e. The molecular formula is C17H25NO. The van der Waals surface area contributed by atoms with E-state index in [9.17, 15) is 4.79 Å². The van der Waals surface area contributed by atoms with Crippen LogP contribution in [-0.2, 0) is 0 Å². The Morgan fingerprint density at radius 1 is 1.16 bits per heavy atom. The van der Waals surface area contributed by atoms with E-state index in [-0.39, 0.29) is 5.78 Å². The molecule has 1 saturated carbocycles. The van der Waals surface area contributed by atoms with Crippen molar-refractivity contribution in [2.24, 2.45) is 0 Å². The molecule has 0 aromatic heterocycles. The summed E-state index contributed by atoms with van der Waals surface area (Å²) >= 11 is 0. The van der Waals surface area contributed by atoms with E-state index in [1.807, 2.05) is 31.2 Å². The topological polar surface area (TPSA) is 20.3 Å². The number of hydrogen-bond donors (Lipinski definition) is 0. The molecule has 0 atom stereocenters. The van der Waals surface area contributed by atoms with Crippen LogP contribution < -0.4 is 0 Å². The molecule has 2 rings (SSSR count). The van der Waals surface area contributed by atoms with Gasteiger partial charge in [-0.2, -0.15) is 0 Å². The van der Waals surface area contributed by atoms with Gasteiger partial charge in [-0.15, -0.1) is 0 Å². The van der Waals surface area contributed by atoms with Crippen LogP contribution in [0, 0.1) is 6.92 Å². The van der Waals surface area contributed by atoms with Gasteiger partial charge in [0.2, 0.25) is 0 Å². The highest BCUT2D eigenvalue weighted by Crippen LogP contribution is 2.21. The van der Waals surface area contributed by atoms with Crippen molar-refractivity contribution in [1.29, 1.82) is 0 Å². The molecule has 0 spiro atoms. The Morgan fingerprint density at radius 3 is 2.42 bits per heavy atom. The van der Waals surface area contributed by atoms with Gasteiger partial charge in [-0.1, -0.05) is 49.1 Å². The number of Topliss-reactive ketones (excluding diaryl/α,β-unsaturated/α-hetero) is 1. The molecule has 2 nitrogen and oxygen atoms in total. The first-order chi connectivity index (χ1) is 9.16. The van der Waals surface area contributed by atoms with Crippen LogP contribution in [-0.4, -0.2) is 30.3 Å². The fourth-order valence-corrected chi connectivity index (χ4v) is 2.87. The maximum atomic E-state index is 12.1. The van der Waals surface area contributed by atoms with E-state index in [0.29, 0.717) is 12.5 Å². The normalized spacial score (nSPS) is 16.8. The molecule has 1 fully saturated rings. The summed E-state index contributed by atoms with van der Waals surface area (Å²) in [4.78, 5) is 14.5. The highest BCUT2D eigenvalue weighted by molar-refractivity contribution is 5.96. The van der Waals surface area contributed by atoms with Gasteiger partial charge in [0.25, 0.3) is 0 Å². The van der Waals surface area contributed by atoms with Crippen molar-refractivity contribution in [3.63, 3.8) is 0 Å². The Labute approximate surface area is 116 Å². The fourth-order valence-electron chi connectivity index (χ4n) is 2.87. The van der Waals surface area contributed by atoms with Gasteiger partial charge in [-0.3, -0.25) is 4.79 Å². The first-order valence-electron chi connectivity index (χ1n) is 7.47. The predicted molar refractivity (Wildman–Crippen MR) is 79.6 cm³/mol. The Kier molecular flexibility index (Phi) is 5.15. The van der Waals surface area contributed by atoms with E-state index >= 15 is 0 Å². The molecule has 1 aromatic carbocycles. The number of aryl methyl sites for hydroxylation is 1. The van der Waals surface area contributed by atoms with Crippen molar-refractivity contribution in [3.8, 4) is 0 Å². The molecule has 0 heterocycles. The van der Waals surface area contributed by atoms with Gasteiger partial charge >= 0.3 is 0 Å². The monoisotopic (exact) mass is 259 g/mol. The third kappa shape index (κ3) is 4.17. The van der Waals surface area contributed by atoms with E-state index in [1.165, 1.54) is 37.7 Å². The molecule has 0 amide bonds. The van der Waals surface area contributed by atoms with Crippen molar-refractivity contribution in [3.05, 3.63) is 35.4 Å². The average molecular weight is 259 g/mol.